The van der Waals surface area contributed by atoms with Crippen molar-refractivity contribution in [2.24, 2.45) is 0 Å². The van der Waals surface area contributed by atoms with Crippen molar-refractivity contribution in [3.63, 3.8) is 0 Å². The molecule has 0 radical (unpaired) electrons. The summed E-state index contributed by atoms with van der Waals surface area (Å²) in [4.78, 5) is 27.3. The van der Waals surface area contributed by atoms with Gasteiger partial charge in [-0.1, -0.05) is 0 Å². The van der Waals surface area contributed by atoms with Crippen LogP contribution in [0.4, 0.5) is 21.0 Å². The molecule has 1 unspecified atom stereocenters. The van der Waals surface area contributed by atoms with E-state index >= 15 is 0 Å². The molecule has 0 aliphatic carbocycles. The van der Waals surface area contributed by atoms with E-state index in [9.17, 15) is 14.7 Å². The molecule has 2 atom stereocenters. The lowest BCUT2D eigenvalue weighted by Crippen LogP contribution is -2.45. The van der Waals surface area contributed by atoms with Gasteiger partial charge in [-0.25, -0.2) is 9.59 Å². The molecule has 2 fully saturated rings. The number of hydrogen-bond acceptors (Lipinski definition) is 7. The van der Waals surface area contributed by atoms with Gasteiger partial charge in [0.25, 0.3) is 0 Å². The molecule has 2 aliphatic rings. The van der Waals surface area contributed by atoms with Gasteiger partial charge in [-0.2, -0.15) is 0 Å². The fourth-order valence-corrected chi connectivity index (χ4v) is 3.07. The molecule has 154 valence electrons. The summed E-state index contributed by atoms with van der Waals surface area (Å²) < 4.78 is 15.7. The van der Waals surface area contributed by atoms with Crippen LogP contribution < -0.4 is 15.1 Å². The van der Waals surface area contributed by atoms with Crippen LogP contribution in [0.5, 0.6) is 0 Å². The molecule has 2 aliphatic heterocycles. The zero-order valence-corrected chi connectivity index (χ0v) is 16.4. The standard InChI is InChI=1S/C19H27N3O6/c1-19(2,3)28-17(24)20-10-15-11-22(18(25)27-15)14-6-4-13(5-7-14)21-8-9-26-12-16(21)23/h4-7,15-16,23H,8-12H2,1-3H3,(H,20,24)/t15-,16?/m0/s1. The summed E-state index contributed by atoms with van der Waals surface area (Å²) in [6.45, 7) is 7.28. The molecule has 1 aromatic carbocycles. The van der Waals surface area contributed by atoms with Crippen LogP contribution in [0.25, 0.3) is 0 Å². The number of carbonyl (C=O) groups is 2. The molecule has 0 saturated carbocycles. The number of nitrogens with zero attached hydrogens (tertiary/aromatic N) is 2. The van der Waals surface area contributed by atoms with Crippen molar-refractivity contribution in [1.82, 2.24) is 5.32 Å². The minimum absolute atomic E-state index is 0.176. The fraction of sp³-hybridized carbons (Fsp3) is 0.579. The van der Waals surface area contributed by atoms with Crippen LogP contribution in [-0.4, -0.2) is 68.1 Å². The second kappa shape index (κ2) is 8.24. The van der Waals surface area contributed by atoms with E-state index < -0.39 is 30.1 Å². The largest absolute Gasteiger partial charge is 0.444 e. The lowest BCUT2D eigenvalue weighted by atomic mass is 10.2. The smallest absolute Gasteiger partial charge is 0.414 e. The lowest BCUT2D eigenvalue weighted by Gasteiger charge is -2.34. The van der Waals surface area contributed by atoms with E-state index in [0.717, 1.165) is 5.69 Å². The highest BCUT2D eigenvalue weighted by Gasteiger charge is 2.33. The maximum Gasteiger partial charge on any atom is 0.414 e. The Labute approximate surface area is 164 Å². The number of hydrogen-bond donors (Lipinski definition) is 2. The predicted molar refractivity (Wildman–Crippen MR) is 102 cm³/mol. The summed E-state index contributed by atoms with van der Waals surface area (Å²) >= 11 is 0. The number of benzene rings is 1. The van der Waals surface area contributed by atoms with Crippen molar-refractivity contribution in [3.05, 3.63) is 24.3 Å². The third-order valence-corrected chi connectivity index (χ3v) is 4.34. The number of morpholine rings is 1. The molecular formula is C19H27N3O6. The number of carbonyl (C=O) groups excluding carboxylic acids is 2. The summed E-state index contributed by atoms with van der Waals surface area (Å²) in [6, 6.07) is 7.32. The molecule has 2 heterocycles. The monoisotopic (exact) mass is 393 g/mol. The molecule has 0 aromatic heterocycles. The van der Waals surface area contributed by atoms with Gasteiger partial charge in [0.05, 0.1) is 26.3 Å². The average Bonchev–Trinajstić information content (AvgIpc) is 3.00. The Morgan fingerprint density at radius 3 is 2.61 bits per heavy atom. The molecule has 0 spiro atoms. The van der Waals surface area contributed by atoms with Gasteiger partial charge in [0.1, 0.15) is 11.7 Å². The summed E-state index contributed by atoms with van der Waals surface area (Å²) in [7, 11) is 0. The highest BCUT2D eigenvalue weighted by Crippen LogP contribution is 2.26. The Morgan fingerprint density at radius 1 is 1.29 bits per heavy atom. The van der Waals surface area contributed by atoms with Gasteiger partial charge < -0.3 is 29.5 Å². The summed E-state index contributed by atoms with van der Waals surface area (Å²) in [5, 5.41) is 12.6. The Bertz CT molecular complexity index is 703. The van der Waals surface area contributed by atoms with Crippen LogP contribution in [0.3, 0.4) is 0 Å². The van der Waals surface area contributed by atoms with E-state index in [1.807, 2.05) is 29.2 Å². The Kier molecular flexibility index (Phi) is 5.95. The summed E-state index contributed by atoms with van der Waals surface area (Å²) in [5.41, 5.74) is 0.963. The number of alkyl carbamates (subject to hydrolysis) is 1. The third-order valence-electron chi connectivity index (χ3n) is 4.34. The van der Waals surface area contributed by atoms with Crippen molar-refractivity contribution in [2.75, 3.05) is 42.6 Å². The van der Waals surface area contributed by atoms with Crippen molar-refractivity contribution >= 4 is 23.6 Å². The SMILES string of the molecule is CC(C)(C)OC(=O)NC[C@H]1CN(c2ccc(N3CCOCC3O)cc2)C(=O)O1. The molecule has 2 amide bonds. The van der Waals surface area contributed by atoms with Crippen molar-refractivity contribution in [3.8, 4) is 0 Å². The first-order chi connectivity index (χ1) is 13.2. The van der Waals surface area contributed by atoms with Gasteiger partial charge in [-0.15, -0.1) is 0 Å². The number of cyclic esters (lactones) is 1. The number of nitrogens with one attached hydrogen (secondary N) is 1. The van der Waals surface area contributed by atoms with Gasteiger partial charge in [0.15, 0.2) is 6.23 Å². The molecule has 2 N–H and O–H groups in total. The number of rotatable bonds is 4. The van der Waals surface area contributed by atoms with Gasteiger partial charge in [0, 0.05) is 17.9 Å². The molecule has 9 heteroatoms. The van der Waals surface area contributed by atoms with E-state index in [1.165, 1.54) is 4.90 Å². The molecule has 28 heavy (non-hydrogen) atoms. The third kappa shape index (κ3) is 5.05. The quantitative estimate of drug-likeness (QED) is 0.803. The molecule has 0 bridgehead atoms. The van der Waals surface area contributed by atoms with Gasteiger partial charge in [0.2, 0.25) is 0 Å². The number of aliphatic hydroxyl groups excluding tert-OH is 1. The minimum Gasteiger partial charge on any atom is -0.444 e. The number of anilines is 2. The van der Waals surface area contributed by atoms with Crippen molar-refractivity contribution in [1.29, 1.82) is 0 Å². The highest BCUT2D eigenvalue weighted by molar-refractivity contribution is 5.90. The average molecular weight is 393 g/mol. The fourth-order valence-electron chi connectivity index (χ4n) is 3.07. The van der Waals surface area contributed by atoms with Crippen molar-refractivity contribution < 1.29 is 28.9 Å². The highest BCUT2D eigenvalue weighted by atomic mass is 16.6. The van der Waals surface area contributed by atoms with Crippen LogP contribution in [0, 0.1) is 0 Å². The van der Waals surface area contributed by atoms with Crippen LogP contribution in [0.1, 0.15) is 20.8 Å². The second-order valence-corrected chi connectivity index (χ2v) is 7.76. The normalized spacial score (nSPS) is 22.8. The maximum absolute atomic E-state index is 12.2. The zero-order valence-electron chi connectivity index (χ0n) is 16.4. The topological polar surface area (TPSA) is 101 Å². The van der Waals surface area contributed by atoms with E-state index in [1.54, 1.807) is 20.8 Å². The minimum atomic E-state index is -0.681. The van der Waals surface area contributed by atoms with Crippen LogP contribution in [-0.2, 0) is 14.2 Å². The Morgan fingerprint density at radius 2 is 1.96 bits per heavy atom. The predicted octanol–water partition coefficient (Wildman–Crippen LogP) is 1.69. The summed E-state index contributed by atoms with van der Waals surface area (Å²) in [5.74, 6) is 0. The van der Waals surface area contributed by atoms with Gasteiger partial charge in [-0.05, 0) is 45.0 Å². The van der Waals surface area contributed by atoms with E-state index in [-0.39, 0.29) is 13.2 Å². The molecule has 3 rings (SSSR count). The Hall–Kier alpha value is -2.52. The zero-order chi connectivity index (χ0) is 20.3. The van der Waals surface area contributed by atoms with Crippen molar-refractivity contribution in [2.45, 2.75) is 38.7 Å². The van der Waals surface area contributed by atoms with E-state index in [2.05, 4.69) is 5.32 Å². The molecule has 2 saturated heterocycles. The first-order valence-corrected chi connectivity index (χ1v) is 9.30. The van der Waals surface area contributed by atoms with Gasteiger partial charge >= 0.3 is 12.2 Å². The van der Waals surface area contributed by atoms with Gasteiger partial charge in [-0.3, -0.25) is 4.90 Å². The first-order valence-electron chi connectivity index (χ1n) is 9.30. The second-order valence-electron chi connectivity index (χ2n) is 7.76. The lowest BCUT2D eigenvalue weighted by molar-refractivity contribution is 0.00633. The van der Waals surface area contributed by atoms with E-state index in [0.29, 0.717) is 25.4 Å². The summed E-state index contributed by atoms with van der Waals surface area (Å²) in [6.07, 6.45) is -2.15. The Balaban J connectivity index is 1.55. The van der Waals surface area contributed by atoms with Crippen LogP contribution >= 0.6 is 0 Å². The number of ether oxygens (including phenoxy) is 3. The van der Waals surface area contributed by atoms with Crippen LogP contribution in [0.15, 0.2) is 24.3 Å². The number of amides is 2. The van der Waals surface area contributed by atoms with E-state index in [4.69, 9.17) is 14.2 Å². The molecule has 9 nitrogen and oxygen atoms in total. The first kappa shape index (κ1) is 20.2. The van der Waals surface area contributed by atoms with Crippen LogP contribution in [0.2, 0.25) is 0 Å². The number of aliphatic hydroxyl groups is 1. The molecule has 1 aromatic rings. The maximum atomic E-state index is 12.2. The molecular weight excluding hydrogens is 366 g/mol.